The summed E-state index contributed by atoms with van der Waals surface area (Å²) in [6.45, 7) is 5.71. The van der Waals surface area contributed by atoms with E-state index in [0.717, 1.165) is 25.3 Å². The van der Waals surface area contributed by atoms with Crippen molar-refractivity contribution in [2.75, 3.05) is 26.2 Å². The second-order valence-corrected chi connectivity index (χ2v) is 7.07. The van der Waals surface area contributed by atoms with Gasteiger partial charge in [0.25, 0.3) is 5.91 Å². The molecule has 1 amide bonds. The average molecular weight is 383 g/mol. The lowest BCUT2D eigenvalue weighted by atomic mass is 10.1. The maximum Gasteiger partial charge on any atom is 0.276 e. The van der Waals surface area contributed by atoms with E-state index >= 15 is 0 Å². The summed E-state index contributed by atoms with van der Waals surface area (Å²) in [5, 5.41) is 8.28. The molecule has 0 N–H and O–H groups in total. The lowest BCUT2D eigenvalue weighted by molar-refractivity contribution is 0.0618. The van der Waals surface area contributed by atoms with Crippen molar-refractivity contribution in [3.63, 3.8) is 0 Å². The van der Waals surface area contributed by atoms with Gasteiger partial charge in [0, 0.05) is 63.2 Å². The lowest BCUT2D eigenvalue weighted by Gasteiger charge is -2.34. The predicted molar refractivity (Wildman–Crippen MR) is 101 cm³/mol. The first-order valence-electron chi connectivity index (χ1n) is 9.23. The molecule has 3 aromatic rings. The molecule has 1 aliphatic rings. The Labute approximate surface area is 162 Å². The fraction of sp³-hybridized carbons (Fsp3) is 0.350. The molecule has 4 rings (SSSR count). The van der Waals surface area contributed by atoms with Gasteiger partial charge in [-0.25, -0.2) is 4.39 Å². The van der Waals surface area contributed by atoms with Crippen molar-refractivity contribution < 1.29 is 13.7 Å². The van der Waals surface area contributed by atoms with Crippen molar-refractivity contribution >= 4 is 5.91 Å². The van der Waals surface area contributed by atoms with Crippen LogP contribution >= 0.6 is 0 Å². The van der Waals surface area contributed by atoms with Gasteiger partial charge >= 0.3 is 0 Å². The minimum atomic E-state index is -0.320. The van der Waals surface area contributed by atoms with Crippen LogP contribution in [0.4, 0.5) is 4.39 Å². The lowest BCUT2D eigenvalue weighted by Crippen LogP contribution is -2.48. The van der Waals surface area contributed by atoms with Crippen LogP contribution in [0.1, 0.15) is 21.7 Å². The highest BCUT2D eigenvalue weighted by Gasteiger charge is 2.25. The van der Waals surface area contributed by atoms with E-state index in [9.17, 15) is 9.18 Å². The van der Waals surface area contributed by atoms with E-state index in [1.807, 2.05) is 24.9 Å². The Morgan fingerprint density at radius 2 is 1.89 bits per heavy atom. The molecule has 0 atom stereocenters. The molecule has 0 saturated carbocycles. The highest BCUT2D eigenvalue weighted by Crippen LogP contribution is 2.21. The first-order chi connectivity index (χ1) is 13.5. The minimum Gasteiger partial charge on any atom is -0.355 e. The quantitative estimate of drug-likeness (QED) is 0.692. The molecule has 2 aromatic heterocycles. The molecule has 0 unspecified atom stereocenters. The SMILES string of the molecule is Cc1nn(C)cc1CN1CCN(C(=O)c2cc(-c3ccc(F)cc3)on2)CC1. The summed E-state index contributed by atoms with van der Waals surface area (Å²) in [5.41, 5.74) is 3.21. The molecule has 146 valence electrons. The summed E-state index contributed by atoms with van der Waals surface area (Å²) < 4.78 is 20.2. The number of aromatic nitrogens is 3. The molecule has 28 heavy (non-hydrogen) atoms. The topological polar surface area (TPSA) is 67.4 Å². The Balaban J connectivity index is 1.36. The van der Waals surface area contributed by atoms with Gasteiger partial charge in [-0.15, -0.1) is 0 Å². The van der Waals surface area contributed by atoms with Gasteiger partial charge in [-0.1, -0.05) is 5.16 Å². The van der Waals surface area contributed by atoms with Gasteiger partial charge in [0.05, 0.1) is 5.69 Å². The van der Waals surface area contributed by atoms with Crippen LogP contribution in [0, 0.1) is 12.7 Å². The van der Waals surface area contributed by atoms with E-state index in [-0.39, 0.29) is 17.4 Å². The van der Waals surface area contributed by atoms with Gasteiger partial charge in [-0.3, -0.25) is 14.4 Å². The molecule has 8 heteroatoms. The Hall–Kier alpha value is -3.00. The summed E-state index contributed by atoms with van der Waals surface area (Å²) >= 11 is 0. The van der Waals surface area contributed by atoms with Crippen molar-refractivity contribution in [3.8, 4) is 11.3 Å². The highest BCUT2D eigenvalue weighted by molar-refractivity contribution is 5.93. The van der Waals surface area contributed by atoms with E-state index in [2.05, 4.69) is 15.2 Å². The number of hydrogen-bond donors (Lipinski definition) is 0. The number of aryl methyl sites for hydroxylation is 2. The van der Waals surface area contributed by atoms with E-state index in [1.165, 1.54) is 17.7 Å². The number of carbonyl (C=O) groups is 1. The van der Waals surface area contributed by atoms with Gasteiger partial charge < -0.3 is 9.42 Å². The summed E-state index contributed by atoms with van der Waals surface area (Å²) in [7, 11) is 1.92. The van der Waals surface area contributed by atoms with Gasteiger partial charge in [-0.2, -0.15) is 5.10 Å². The van der Waals surface area contributed by atoms with Gasteiger partial charge in [0.15, 0.2) is 11.5 Å². The molecule has 7 nitrogen and oxygen atoms in total. The molecule has 1 aliphatic heterocycles. The molecule has 0 spiro atoms. The third-order valence-corrected chi connectivity index (χ3v) is 5.03. The molecule has 1 saturated heterocycles. The zero-order chi connectivity index (χ0) is 19.7. The zero-order valence-corrected chi connectivity index (χ0v) is 15.9. The summed E-state index contributed by atoms with van der Waals surface area (Å²) in [5.74, 6) is -0.0118. The number of amides is 1. The maximum atomic E-state index is 13.1. The van der Waals surface area contributed by atoms with Crippen LogP contribution in [0.25, 0.3) is 11.3 Å². The summed E-state index contributed by atoms with van der Waals surface area (Å²) in [6.07, 6.45) is 2.04. The number of rotatable bonds is 4. The van der Waals surface area contributed by atoms with Crippen LogP contribution in [-0.4, -0.2) is 56.8 Å². The minimum absolute atomic E-state index is 0.144. The number of halogens is 1. The second-order valence-electron chi connectivity index (χ2n) is 7.07. The van der Waals surface area contributed by atoms with Crippen LogP contribution in [0.3, 0.4) is 0 Å². The van der Waals surface area contributed by atoms with Crippen molar-refractivity contribution in [3.05, 3.63) is 59.3 Å². The summed E-state index contributed by atoms with van der Waals surface area (Å²) in [6, 6.07) is 7.51. The van der Waals surface area contributed by atoms with Gasteiger partial charge in [0.1, 0.15) is 5.82 Å². The number of benzene rings is 1. The van der Waals surface area contributed by atoms with Crippen LogP contribution in [0.15, 0.2) is 41.1 Å². The first-order valence-corrected chi connectivity index (χ1v) is 9.23. The Morgan fingerprint density at radius 3 is 2.54 bits per heavy atom. The fourth-order valence-corrected chi connectivity index (χ4v) is 3.44. The van der Waals surface area contributed by atoms with Crippen molar-refractivity contribution in [2.24, 2.45) is 7.05 Å². The molecule has 3 heterocycles. The van der Waals surface area contributed by atoms with Crippen LogP contribution in [-0.2, 0) is 13.6 Å². The van der Waals surface area contributed by atoms with Crippen LogP contribution in [0.5, 0.6) is 0 Å². The molecular weight excluding hydrogens is 361 g/mol. The molecule has 1 aromatic carbocycles. The number of carbonyl (C=O) groups excluding carboxylic acids is 1. The maximum absolute atomic E-state index is 13.1. The van der Waals surface area contributed by atoms with E-state index in [4.69, 9.17) is 4.52 Å². The van der Waals surface area contributed by atoms with Gasteiger partial charge in [-0.05, 0) is 31.2 Å². The zero-order valence-electron chi connectivity index (χ0n) is 15.9. The van der Waals surface area contributed by atoms with E-state index in [1.54, 1.807) is 23.1 Å². The molecule has 0 aliphatic carbocycles. The monoisotopic (exact) mass is 383 g/mol. The van der Waals surface area contributed by atoms with Gasteiger partial charge in [0.2, 0.25) is 0 Å². The van der Waals surface area contributed by atoms with Crippen LogP contribution in [0.2, 0.25) is 0 Å². The van der Waals surface area contributed by atoms with Crippen molar-refractivity contribution in [1.82, 2.24) is 24.7 Å². The second kappa shape index (κ2) is 7.55. The largest absolute Gasteiger partial charge is 0.355 e. The molecule has 0 bridgehead atoms. The predicted octanol–water partition coefficient (Wildman–Crippen LogP) is 2.48. The smallest absolute Gasteiger partial charge is 0.276 e. The van der Waals surface area contributed by atoms with Crippen molar-refractivity contribution in [1.29, 1.82) is 0 Å². The van der Waals surface area contributed by atoms with E-state index in [0.29, 0.717) is 24.4 Å². The Kier molecular flexibility index (Phi) is 4.95. The molecule has 1 fully saturated rings. The normalized spacial score (nSPS) is 15.2. The van der Waals surface area contributed by atoms with Crippen LogP contribution < -0.4 is 0 Å². The average Bonchev–Trinajstić information content (AvgIpc) is 3.29. The number of hydrogen-bond acceptors (Lipinski definition) is 5. The first kappa shape index (κ1) is 18.4. The highest BCUT2D eigenvalue weighted by atomic mass is 19.1. The molecular formula is C20H22FN5O2. The van der Waals surface area contributed by atoms with E-state index < -0.39 is 0 Å². The Morgan fingerprint density at radius 1 is 1.18 bits per heavy atom. The Bertz CT molecular complexity index is 971. The molecule has 0 radical (unpaired) electrons. The number of piperazine rings is 1. The fourth-order valence-electron chi connectivity index (χ4n) is 3.44. The standard InChI is InChI=1S/C20H22FN5O2/c1-14-16(12-24(2)22-14)13-25-7-9-26(10-8-25)20(27)18-11-19(28-23-18)15-3-5-17(21)6-4-15/h3-6,11-12H,7-10,13H2,1-2H3. The number of nitrogens with zero attached hydrogens (tertiary/aromatic N) is 5. The summed E-state index contributed by atoms with van der Waals surface area (Å²) in [4.78, 5) is 16.8. The third-order valence-electron chi connectivity index (χ3n) is 5.03. The third kappa shape index (κ3) is 3.82. The van der Waals surface area contributed by atoms with Crippen molar-refractivity contribution in [2.45, 2.75) is 13.5 Å².